The standard InChI is InChI=1S/C14H16N4O/c19-14-17-12-6-7-15-9-11(12)13(18-14)16-8-10-4-2-1-3-5-10/h1-5,15H,6-9H2,(H2,16,17,18,19). The molecule has 1 aromatic carbocycles. The molecule has 0 aliphatic carbocycles. The van der Waals surface area contributed by atoms with Crippen molar-refractivity contribution in [3.63, 3.8) is 0 Å². The quantitative estimate of drug-likeness (QED) is 0.767. The van der Waals surface area contributed by atoms with Crippen LogP contribution in [0.2, 0.25) is 0 Å². The van der Waals surface area contributed by atoms with E-state index >= 15 is 0 Å². The van der Waals surface area contributed by atoms with E-state index in [-0.39, 0.29) is 5.69 Å². The third-order valence-electron chi connectivity index (χ3n) is 3.28. The molecule has 3 N–H and O–H groups in total. The van der Waals surface area contributed by atoms with Gasteiger partial charge in [0.1, 0.15) is 5.82 Å². The Labute approximate surface area is 111 Å². The van der Waals surface area contributed by atoms with E-state index in [1.165, 1.54) is 5.56 Å². The highest BCUT2D eigenvalue weighted by molar-refractivity contribution is 5.47. The summed E-state index contributed by atoms with van der Waals surface area (Å²) in [6.07, 6.45) is 0.840. The molecule has 0 amide bonds. The summed E-state index contributed by atoms with van der Waals surface area (Å²) in [5, 5.41) is 6.56. The van der Waals surface area contributed by atoms with E-state index in [0.717, 1.165) is 30.8 Å². The van der Waals surface area contributed by atoms with Crippen molar-refractivity contribution in [3.05, 3.63) is 57.6 Å². The molecule has 0 saturated heterocycles. The molecule has 0 saturated carbocycles. The summed E-state index contributed by atoms with van der Waals surface area (Å²) in [6.45, 7) is 2.31. The van der Waals surface area contributed by atoms with E-state index in [9.17, 15) is 4.79 Å². The van der Waals surface area contributed by atoms with Gasteiger partial charge in [0.15, 0.2) is 0 Å². The van der Waals surface area contributed by atoms with Crippen molar-refractivity contribution in [2.75, 3.05) is 11.9 Å². The lowest BCUT2D eigenvalue weighted by molar-refractivity contribution is 0.623. The highest BCUT2D eigenvalue weighted by Crippen LogP contribution is 2.17. The topological polar surface area (TPSA) is 69.8 Å². The van der Waals surface area contributed by atoms with Gasteiger partial charge in [-0.15, -0.1) is 0 Å². The van der Waals surface area contributed by atoms with E-state index < -0.39 is 0 Å². The second kappa shape index (κ2) is 5.24. The Hall–Kier alpha value is -2.14. The Kier molecular flexibility index (Phi) is 3.29. The van der Waals surface area contributed by atoms with Gasteiger partial charge in [0.25, 0.3) is 0 Å². The first-order valence-electron chi connectivity index (χ1n) is 6.43. The number of H-pyrrole nitrogens is 1. The first-order valence-corrected chi connectivity index (χ1v) is 6.43. The fraction of sp³-hybridized carbons (Fsp3) is 0.286. The van der Waals surface area contributed by atoms with E-state index in [2.05, 4.69) is 20.6 Å². The maximum absolute atomic E-state index is 11.5. The van der Waals surface area contributed by atoms with Gasteiger partial charge in [-0.1, -0.05) is 30.3 Å². The smallest absolute Gasteiger partial charge is 0.347 e. The fourth-order valence-electron chi connectivity index (χ4n) is 2.30. The van der Waals surface area contributed by atoms with Gasteiger partial charge in [0.05, 0.1) is 0 Å². The van der Waals surface area contributed by atoms with Crippen LogP contribution >= 0.6 is 0 Å². The predicted molar refractivity (Wildman–Crippen MR) is 74.0 cm³/mol. The normalized spacial score (nSPS) is 13.9. The third kappa shape index (κ3) is 2.66. The molecule has 2 heterocycles. The molecule has 3 rings (SSSR count). The van der Waals surface area contributed by atoms with Crippen LogP contribution in [0.1, 0.15) is 16.8 Å². The maximum Gasteiger partial charge on any atom is 0.347 e. The lowest BCUT2D eigenvalue weighted by Crippen LogP contribution is -2.30. The fourth-order valence-corrected chi connectivity index (χ4v) is 2.30. The van der Waals surface area contributed by atoms with Crippen LogP contribution in [0.5, 0.6) is 0 Å². The minimum Gasteiger partial charge on any atom is -0.366 e. The molecule has 19 heavy (non-hydrogen) atoms. The molecule has 98 valence electrons. The lowest BCUT2D eigenvalue weighted by Gasteiger charge is -2.19. The number of benzene rings is 1. The van der Waals surface area contributed by atoms with E-state index in [4.69, 9.17) is 0 Å². The largest absolute Gasteiger partial charge is 0.366 e. The Morgan fingerprint density at radius 1 is 1.26 bits per heavy atom. The monoisotopic (exact) mass is 256 g/mol. The molecule has 0 atom stereocenters. The molecule has 0 unspecified atom stereocenters. The molecule has 0 fully saturated rings. The van der Waals surface area contributed by atoms with Crippen molar-refractivity contribution in [1.29, 1.82) is 0 Å². The van der Waals surface area contributed by atoms with Crippen molar-refractivity contribution in [3.8, 4) is 0 Å². The molecule has 5 heteroatoms. The van der Waals surface area contributed by atoms with Crippen LogP contribution in [0.15, 0.2) is 35.1 Å². The Balaban J connectivity index is 1.84. The van der Waals surface area contributed by atoms with Crippen LogP contribution in [0.4, 0.5) is 5.82 Å². The average Bonchev–Trinajstić information content (AvgIpc) is 2.45. The van der Waals surface area contributed by atoms with Gasteiger partial charge in [-0.25, -0.2) is 4.79 Å². The van der Waals surface area contributed by atoms with E-state index in [1.54, 1.807) is 0 Å². The number of fused-ring (bicyclic) bond motifs is 1. The average molecular weight is 256 g/mol. The summed E-state index contributed by atoms with van der Waals surface area (Å²) >= 11 is 0. The Morgan fingerprint density at radius 3 is 2.95 bits per heavy atom. The van der Waals surface area contributed by atoms with Gasteiger partial charge >= 0.3 is 5.69 Å². The van der Waals surface area contributed by atoms with Crippen LogP contribution in [0, 0.1) is 0 Å². The number of nitrogens with one attached hydrogen (secondary N) is 3. The van der Waals surface area contributed by atoms with Crippen LogP contribution < -0.4 is 16.3 Å². The molecule has 1 aromatic heterocycles. The number of hydrogen-bond donors (Lipinski definition) is 3. The zero-order chi connectivity index (χ0) is 13.1. The maximum atomic E-state index is 11.5. The number of rotatable bonds is 3. The van der Waals surface area contributed by atoms with Gasteiger partial charge in [-0.2, -0.15) is 4.98 Å². The Morgan fingerprint density at radius 2 is 2.11 bits per heavy atom. The number of aromatic amines is 1. The zero-order valence-electron chi connectivity index (χ0n) is 10.6. The van der Waals surface area contributed by atoms with Gasteiger partial charge in [-0.3, -0.25) is 0 Å². The lowest BCUT2D eigenvalue weighted by atomic mass is 10.1. The third-order valence-corrected chi connectivity index (χ3v) is 3.28. The van der Waals surface area contributed by atoms with Crippen molar-refractivity contribution in [1.82, 2.24) is 15.3 Å². The van der Waals surface area contributed by atoms with Crippen LogP contribution in [0.3, 0.4) is 0 Å². The summed E-state index contributed by atoms with van der Waals surface area (Å²) in [5.74, 6) is 0.690. The minimum atomic E-state index is -0.281. The number of nitrogens with zero attached hydrogens (tertiary/aromatic N) is 1. The van der Waals surface area contributed by atoms with Crippen LogP contribution in [-0.2, 0) is 19.5 Å². The SMILES string of the molecule is O=c1nc(NCc2ccccc2)c2c([nH]1)CCNC2. The molecule has 2 aromatic rings. The second-order valence-electron chi connectivity index (χ2n) is 4.61. The summed E-state index contributed by atoms with van der Waals surface area (Å²) in [7, 11) is 0. The highest BCUT2D eigenvalue weighted by atomic mass is 16.1. The van der Waals surface area contributed by atoms with Gasteiger partial charge in [-0.05, 0) is 5.56 Å². The molecule has 1 aliphatic rings. The predicted octanol–water partition coefficient (Wildman–Crippen LogP) is 1.03. The summed E-state index contributed by atoms with van der Waals surface area (Å²) in [5.41, 5.74) is 2.95. The summed E-state index contributed by atoms with van der Waals surface area (Å²) in [4.78, 5) is 18.4. The first kappa shape index (κ1) is 11.9. The van der Waals surface area contributed by atoms with E-state index in [1.807, 2.05) is 30.3 Å². The molecule has 1 aliphatic heterocycles. The summed E-state index contributed by atoms with van der Waals surface area (Å²) < 4.78 is 0. The van der Waals surface area contributed by atoms with Crippen LogP contribution in [-0.4, -0.2) is 16.5 Å². The van der Waals surface area contributed by atoms with Crippen molar-refractivity contribution in [2.24, 2.45) is 0 Å². The molecule has 0 spiro atoms. The van der Waals surface area contributed by atoms with Gasteiger partial charge < -0.3 is 15.6 Å². The molecular formula is C14H16N4O. The second-order valence-corrected chi connectivity index (χ2v) is 4.61. The summed E-state index contributed by atoms with van der Waals surface area (Å²) in [6, 6.07) is 10.1. The molecular weight excluding hydrogens is 240 g/mol. The van der Waals surface area contributed by atoms with Crippen molar-refractivity contribution in [2.45, 2.75) is 19.5 Å². The van der Waals surface area contributed by atoms with Crippen LogP contribution in [0.25, 0.3) is 0 Å². The number of anilines is 1. The van der Waals surface area contributed by atoms with Gasteiger partial charge in [0, 0.05) is 37.3 Å². The van der Waals surface area contributed by atoms with E-state index in [0.29, 0.717) is 12.4 Å². The minimum absolute atomic E-state index is 0.281. The number of aromatic nitrogens is 2. The zero-order valence-corrected chi connectivity index (χ0v) is 10.6. The van der Waals surface area contributed by atoms with Crippen molar-refractivity contribution >= 4 is 5.82 Å². The number of hydrogen-bond acceptors (Lipinski definition) is 4. The highest BCUT2D eigenvalue weighted by Gasteiger charge is 2.15. The molecule has 0 radical (unpaired) electrons. The van der Waals surface area contributed by atoms with Gasteiger partial charge in [0.2, 0.25) is 0 Å². The molecule has 5 nitrogen and oxygen atoms in total. The van der Waals surface area contributed by atoms with Crippen molar-refractivity contribution < 1.29 is 0 Å². The first-order chi connectivity index (χ1) is 9.33. The molecule has 0 bridgehead atoms. The Bertz CT molecular complexity index is 621.